The van der Waals surface area contributed by atoms with Gasteiger partial charge < -0.3 is 31.3 Å². The van der Waals surface area contributed by atoms with Crippen molar-refractivity contribution in [3.63, 3.8) is 0 Å². The van der Waals surface area contributed by atoms with Crippen LogP contribution in [-0.2, 0) is 25.7 Å². The smallest absolute Gasteiger partial charge is 0.255 e. The molecule has 2 aromatic heterocycles. The maximum Gasteiger partial charge on any atom is 0.255 e. The summed E-state index contributed by atoms with van der Waals surface area (Å²) in [6, 6.07) is 20.7. The Morgan fingerprint density at radius 1 is 0.946 bits per heavy atom. The van der Waals surface area contributed by atoms with Crippen molar-refractivity contribution in [2.45, 2.75) is 62.8 Å². The number of carbonyl (C=O) groups excluding carboxylic acids is 4. The van der Waals surface area contributed by atoms with E-state index in [-0.39, 0.29) is 39.7 Å². The van der Waals surface area contributed by atoms with Gasteiger partial charge in [-0.2, -0.15) is 14.0 Å². The fourth-order valence-electron chi connectivity index (χ4n) is 5.54. The van der Waals surface area contributed by atoms with Crippen LogP contribution in [0.15, 0.2) is 96.7 Å². The monoisotopic (exact) mass is 780 g/mol. The van der Waals surface area contributed by atoms with Crippen molar-refractivity contribution in [1.29, 1.82) is 0 Å². The fraction of sp³-hybridized carbons (Fsp3) is 0.268. The maximum absolute atomic E-state index is 16.6. The normalized spacial score (nSPS) is 11.5. The summed E-state index contributed by atoms with van der Waals surface area (Å²) in [7, 11) is 0. The van der Waals surface area contributed by atoms with Crippen LogP contribution in [0.5, 0.6) is 0 Å². The largest absolute Gasteiger partial charge is 0.377 e. The van der Waals surface area contributed by atoms with Crippen molar-refractivity contribution < 1.29 is 28.3 Å². The minimum absolute atomic E-state index is 0.0555. The molecule has 0 aliphatic rings. The summed E-state index contributed by atoms with van der Waals surface area (Å²) >= 11 is 1.27. The third kappa shape index (κ3) is 11.2. The highest BCUT2D eigenvalue weighted by Gasteiger charge is 2.23. The Morgan fingerprint density at radius 2 is 1.66 bits per heavy atom. The van der Waals surface area contributed by atoms with Crippen LogP contribution in [-0.4, -0.2) is 57.1 Å². The van der Waals surface area contributed by atoms with Gasteiger partial charge in [-0.1, -0.05) is 57.3 Å². The molecule has 0 bridgehead atoms. The number of ether oxygens (including phenoxy) is 1. The molecule has 3 aromatic carbocycles. The molecule has 0 saturated carbocycles. The molecule has 5 aromatic rings. The molecule has 5 rings (SSSR count). The van der Waals surface area contributed by atoms with Crippen molar-refractivity contribution in [3.05, 3.63) is 114 Å². The SMILES string of the molecule is C=CC(=O)Nc1ccc(C(=O)Nc2cccc(Nc3c(F)c(SC(CCNC=O)CCOCc4ccc(NC(=O)CC)cc4)nc4c(C(C)C)cnn34)c2)cc1. The van der Waals surface area contributed by atoms with E-state index in [4.69, 9.17) is 9.72 Å². The molecule has 0 radical (unpaired) electrons. The van der Waals surface area contributed by atoms with E-state index in [1.54, 1.807) is 61.7 Å². The molecule has 4 amide bonds. The molecule has 0 fully saturated rings. The predicted molar refractivity (Wildman–Crippen MR) is 218 cm³/mol. The van der Waals surface area contributed by atoms with Gasteiger partial charge in [0, 0.05) is 58.7 Å². The number of halogens is 1. The fourth-order valence-corrected chi connectivity index (χ4v) is 6.64. The summed E-state index contributed by atoms with van der Waals surface area (Å²) in [5, 5.41) is 18.7. The van der Waals surface area contributed by atoms with Gasteiger partial charge in [-0.25, -0.2) is 4.98 Å². The third-order valence-corrected chi connectivity index (χ3v) is 9.87. The second-order valence-corrected chi connectivity index (χ2v) is 14.3. The van der Waals surface area contributed by atoms with Crippen LogP contribution in [0.2, 0.25) is 0 Å². The van der Waals surface area contributed by atoms with Crippen LogP contribution < -0.4 is 26.6 Å². The van der Waals surface area contributed by atoms with Crippen LogP contribution in [0.4, 0.5) is 33.0 Å². The lowest BCUT2D eigenvalue weighted by molar-refractivity contribution is -0.116. The Labute approximate surface area is 328 Å². The molecular weight excluding hydrogens is 736 g/mol. The number of carbonyl (C=O) groups is 4. The van der Waals surface area contributed by atoms with Gasteiger partial charge in [0.2, 0.25) is 18.2 Å². The zero-order chi connectivity index (χ0) is 40.0. The van der Waals surface area contributed by atoms with Crippen LogP contribution >= 0.6 is 11.8 Å². The Balaban J connectivity index is 1.32. The number of thioether (sulfide) groups is 1. The van der Waals surface area contributed by atoms with Crippen molar-refractivity contribution in [2.24, 2.45) is 0 Å². The number of nitrogens with zero attached hydrogens (tertiary/aromatic N) is 3. The summed E-state index contributed by atoms with van der Waals surface area (Å²) in [5.74, 6) is -1.27. The van der Waals surface area contributed by atoms with Gasteiger partial charge in [0.25, 0.3) is 5.91 Å². The van der Waals surface area contributed by atoms with Crippen LogP contribution in [0.3, 0.4) is 0 Å². The molecule has 0 aliphatic heterocycles. The molecule has 292 valence electrons. The number of fused-ring (bicyclic) bond motifs is 1. The van der Waals surface area contributed by atoms with E-state index in [2.05, 4.69) is 38.3 Å². The quantitative estimate of drug-likeness (QED) is 0.0175. The lowest BCUT2D eigenvalue weighted by Gasteiger charge is -2.19. The average Bonchev–Trinajstić information content (AvgIpc) is 3.63. The zero-order valence-corrected chi connectivity index (χ0v) is 32.3. The minimum Gasteiger partial charge on any atom is -0.377 e. The van der Waals surface area contributed by atoms with Gasteiger partial charge in [-0.3, -0.25) is 19.2 Å². The van der Waals surface area contributed by atoms with E-state index >= 15 is 4.39 Å². The second-order valence-electron chi connectivity index (χ2n) is 13.0. The number of amides is 4. The Morgan fingerprint density at radius 3 is 2.36 bits per heavy atom. The first-order chi connectivity index (χ1) is 27.1. The minimum atomic E-state index is -0.608. The topological polar surface area (TPSA) is 168 Å². The molecule has 5 N–H and O–H groups in total. The summed E-state index contributed by atoms with van der Waals surface area (Å²) < 4.78 is 24.1. The van der Waals surface area contributed by atoms with E-state index in [1.807, 2.05) is 38.1 Å². The Hall–Kier alpha value is -6.06. The van der Waals surface area contributed by atoms with Gasteiger partial charge >= 0.3 is 0 Å². The van der Waals surface area contributed by atoms with Gasteiger partial charge in [-0.05, 0) is 85.0 Å². The van der Waals surface area contributed by atoms with Crippen molar-refractivity contribution in [3.8, 4) is 0 Å². The molecule has 1 atom stereocenters. The summed E-state index contributed by atoms with van der Waals surface area (Å²) in [6.07, 6.45) is 4.96. The van der Waals surface area contributed by atoms with Gasteiger partial charge in [-0.15, -0.1) is 0 Å². The Bertz CT molecular complexity index is 2160. The molecule has 13 nitrogen and oxygen atoms in total. The van der Waals surface area contributed by atoms with Crippen molar-refractivity contribution in [2.75, 3.05) is 34.4 Å². The average molecular weight is 781 g/mol. The van der Waals surface area contributed by atoms with E-state index in [0.29, 0.717) is 73.7 Å². The number of benzene rings is 3. The molecule has 0 saturated heterocycles. The molecule has 0 spiro atoms. The van der Waals surface area contributed by atoms with Gasteiger partial charge in [0.1, 0.15) is 5.03 Å². The van der Waals surface area contributed by atoms with Crippen LogP contribution in [0, 0.1) is 5.82 Å². The highest BCUT2D eigenvalue weighted by atomic mass is 32.2. The molecule has 56 heavy (non-hydrogen) atoms. The van der Waals surface area contributed by atoms with E-state index in [9.17, 15) is 19.2 Å². The first-order valence-corrected chi connectivity index (χ1v) is 19.1. The number of anilines is 5. The standard InChI is InChI=1S/C41H45FN8O5S/c1-5-35(52)45-29-14-10-27(11-15-29)24-55-21-19-33(18-20-43-25-51)56-41-37(42)39(50-38(49-41)34(23-44-50)26(3)4)47-31-8-7-9-32(22-31)48-40(54)28-12-16-30(17-13-28)46-36(53)6-2/h6-17,22-23,25-26,33,47H,2,5,18-21,24H2,1,3-4H3,(H,43,51)(H,45,52)(H,46,53)(H,48,54). The summed E-state index contributed by atoms with van der Waals surface area (Å²) in [6.45, 7) is 10.4. The summed E-state index contributed by atoms with van der Waals surface area (Å²) in [5.41, 5.74) is 4.86. The Kier molecular flexibility index (Phi) is 14.7. The first-order valence-electron chi connectivity index (χ1n) is 18.2. The van der Waals surface area contributed by atoms with Crippen LogP contribution in [0.1, 0.15) is 67.4 Å². The highest BCUT2D eigenvalue weighted by Crippen LogP contribution is 2.35. The number of hydrogen-bond acceptors (Lipinski definition) is 9. The van der Waals surface area contributed by atoms with Gasteiger partial charge in [0.05, 0.1) is 12.8 Å². The zero-order valence-electron chi connectivity index (χ0n) is 31.4. The van der Waals surface area contributed by atoms with E-state index in [1.165, 1.54) is 16.3 Å². The molecule has 2 heterocycles. The van der Waals surface area contributed by atoms with Crippen molar-refractivity contribution >= 4 is 70.1 Å². The second kappa shape index (κ2) is 20.0. The van der Waals surface area contributed by atoms with Gasteiger partial charge in [0.15, 0.2) is 17.3 Å². The van der Waals surface area contributed by atoms with E-state index in [0.717, 1.165) is 22.9 Å². The third-order valence-electron chi connectivity index (χ3n) is 8.58. The summed E-state index contributed by atoms with van der Waals surface area (Å²) in [4.78, 5) is 52.2. The number of hydrogen-bond donors (Lipinski definition) is 5. The predicted octanol–water partition coefficient (Wildman–Crippen LogP) is 7.66. The van der Waals surface area contributed by atoms with E-state index < -0.39 is 5.82 Å². The maximum atomic E-state index is 16.6. The number of rotatable bonds is 20. The first kappa shape index (κ1) is 41.1. The lowest BCUT2D eigenvalue weighted by Crippen LogP contribution is -2.19. The number of nitrogens with one attached hydrogen (secondary N) is 5. The highest BCUT2D eigenvalue weighted by molar-refractivity contribution is 7.99. The lowest BCUT2D eigenvalue weighted by atomic mass is 10.1. The molecule has 15 heteroatoms. The van der Waals surface area contributed by atoms with Crippen LogP contribution in [0.25, 0.3) is 5.65 Å². The van der Waals surface area contributed by atoms with Crippen molar-refractivity contribution in [1.82, 2.24) is 19.9 Å². The molecular formula is C41H45FN8O5S. The molecule has 0 aliphatic carbocycles. The molecule has 1 unspecified atom stereocenters. The number of aromatic nitrogens is 3.